The summed E-state index contributed by atoms with van der Waals surface area (Å²) >= 11 is 6.24. The highest BCUT2D eigenvalue weighted by atomic mass is 35.5. The molecule has 0 bridgehead atoms. The number of aryl methyl sites for hydroxylation is 1. The van der Waals surface area contributed by atoms with Gasteiger partial charge in [0.05, 0.1) is 18.6 Å². The van der Waals surface area contributed by atoms with Crippen LogP contribution in [0.25, 0.3) is 10.9 Å². The Balaban J connectivity index is 1.47. The lowest BCUT2D eigenvalue weighted by molar-refractivity contribution is -0.131. The number of carbonyl (C=O) groups is 1. The lowest BCUT2D eigenvalue weighted by Gasteiger charge is -2.38. The fourth-order valence-electron chi connectivity index (χ4n) is 5.15. The number of carbonyl (C=O) groups excluding carboxylic acids is 1. The van der Waals surface area contributed by atoms with Crippen LogP contribution in [-0.2, 0) is 21.4 Å². The lowest BCUT2D eigenvalue weighted by Crippen LogP contribution is -2.49. The molecule has 5 rings (SSSR count). The molecule has 0 saturated carbocycles. The molecule has 1 amide bonds. The van der Waals surface area contributed by atoms with Gasteiger partial charge in [0.15, 0.2) is 0 Å². The second kappa shape index (κ2) is 8.21. The number of methoxy groups -OCH3 is 1. The number of hydrogen-bond acceptors (Lipinski definition) is 3. The predicted molar refractivity (Wildman–Crippen MR) is 122 cm³/mol. The zero-order chi connectivity index (χ0) is 21.4. The van der Waals surface area contributed by atoms with Crippen molar-refractivity contribution in [2.75, 3.05) is 20.3 Å². The first kappa shape index (κ1) is 20.4. The summed E-state index contributed by atoms with van der Waals surface area (Å²) in [5.41, 5.74) is 3.91. The molecular weight excluding hydrogens is 412 g/mol. The minimum Gasteiger partial charge on any atom is -0.497 e. The highest BCUT2D eigenvalue weighted by molar-refractivity contribution is 6.31. The SMILES string of the molecule is COc1ccc(C2(C(=O)NC3CCCc4c3[nH]c3ccc(Cl)cc43)CCOCC2)cc1. The molecule has 3 aromatic rings. The van der Waals surface area contributed by atoms with E-state index in [4.69, 9.17) is 21.1 Å². The first-order valence-corrected chi connectivity index (χ1v) is 11.3. The second-order valence-corrected chi connectivity index (χ2v) is 8.98. The van der Waals surface area contributed by atoms with Gasteiger partial charge in [0, 0.05) is 34.8 Å². The number of benzene rings is 2. The molecule has 5 nitrogen and oxygen atoms in total. The lowest BCUT2D eigenvalue weighted by atomic mass is 9.73. The van der Waals surface area contributed by atoms with E-state index < -0.39 is 5.41 Å². The number of halogens is 1. The van der Waals surface area contributed by atoms with E-state index in [-0.39, 0.29) is 11.9 Å². The normalized spacial score (nSPS) is 20.3. The summed E-state index contributed by atoms with van der Waals surface area (Å²) in [6.07, 6.45) is 4.31. The molecule has 6 heteroatoms. The minimum absolute atomic E-state index is 0.0274. The highest BCUT2D eigenvalue weighted by Crippen LogP contribution is 2.39. The van der Waals surface area contributed by atoms with E-state index in [9.17, 15) is 4.79 Å². The maximum Gasteiger partial charge on any atom is 0.231 e. The van der Waals surface area contributed by atoms with Crippen LogP contribution in [0.2, 0.25) is 5.02 Å². The number of nitrogens with one attached hydrogen (secondary N) is 2. The van der Waals surface area contributed by atoms with Crippen molar-refractivity contribution in [1.82, 2.24) is 10.3 Å². The van der Waals surface area contributed by atoms with Crippen LogP contribution in [-0.4, -0.2) is 31.2 Å². The topological polar surface area (TPSA) is 63.3 Å². The highest BCUT2D eigenvalue weighted by Gasteiger charge is 2.43. The largest absolute Gasteiger partial charge is 0.497 e. The standard InChI is InChI=1S/C25H27ClN2O3/c1-30-18-8-5-16(6-9-18)25(11-13-31-14-12-25)24(29)28-22-4-2-3-19-20-15-17(26)7-10-21(20)27-23(19)22/h5-10,15,22,27H,2-4,11-14H2,1H3,(H,28,29). The third kappa shape index (κ3) is 3.60. The van der Waals surface area contributed by atoms with Gasteiger partial charge >= 0.3 is 0 Å². The summed E-state index contributed by atoms with van der Waals surface area (Å²) in [5, 5.41) is 5.30. The van der Waals surface area contributed by atoms with E-state index in [0.717, 1.165) is 52.2 Å². The summed E-state index contributed by atoms with van der Waals surface area (Å²) in [6, 6.07) is 13.8. The quantitative estimate of drug-likeness (QED) is 0.597. The van der Waals surface area contributed by atoms with E-state index in [0.29, 0.717) is 26.1 Å². The number of hydrogen-bond donors (Lipinski definition) is 2. The number of aromatic nitrogens is 1. The van der Waals surface area contributed by atoms with Gasteiger partial charge < -0.3 is 19.8 Å². The van der Waals surface area contributed by atoms with E-state index in [1.807, 2.05) is 42.5 Å². The van der Waals surface area contributed by atoms with Crippen LogP contribution in [0.4, 0.5) is 0 Å². The maximum absolute atomic E-state index is 13.8. The Morgan fingerprint density at radius 3 is 2.71 bits per heavy atom. The van der Waals surface area contributed by atoms with E-state index >= 15 is 0 Å². The molecule has 1 unspecified atom stereocenters. The molecule has 1 aliphatic heterocycles. The fraction of sp³-hybridized carbons (Fsp3) is 0.400. The Bertz CT molecular complexity index is 1100. The minimum atomic E-state index is -0.586. The van der Waals surface area contributed by atoms with Crippen LogP contribution in [0, 0.1) is 0 Å². The summed E-state index contributed by atoms with van der Waals surface area (Å²) in [4.78, 5) is 17.3. The van der Waals surface area contributed by atoms with Gasteiger partial charge in [-0.15, -0.1) is 0 Å². The number of rotatable bonds is 4. The van der Waals surface area contributed by atoms with Gasteiger partial charge in [-0.3, -0.25) is 4.79 Å². The number of fused-ring (bicyclic) bond motifs is 3. The summed E-state index contributed by atoms with van der Waals surface area (Å²) < 4.78 is 10.9. The Morgan fingerprint density at radius 2 is 1.97 bits per heavy atom. The number of H-pyrrole nitrogens is 1. The molecule has 2 N–H and O–H groups in total. The molecule has 31 heavy (non-hydrogen) atoms. The van der Waals surface area contributed by atoms with Crippen molar-refractivity contribution >= 4 is 28.4 Å². The average molecular weight is 439 g/mol. The number of aromatic amines is 1. The van der Waals surface area contributed by atoms with Crippen LogP contribution < -0.4 is 10.1 Å². The number of ether oxygens (including phenoxy) is 2. The average Bonchev–Trinajstić information content (AvgIpc) is 3.18. The third-order valence-electron chi connectivity index (χ3n) is 6.90. The van der Waals surface area contributed by atoms with Gasteiger partial charge in [-0.05, 0) is 73.6 Å². The molecule has 1 fully saturated rings. The van der Waals surface area contributed by atoms with Crippen molar-refractivity contribution in [3.05, 3.63) is 64.3 Å². The first-order chi connectivity index (χ1) is 15.1. The third-order valence-corrected chi connectivity index (χ3v) is 7.13. The molecule has 2 aliphatic rings. The second-order valence-electron chi connectivity index (χ2n) is 8.55. The van der Waals surface area contributed by atoms with E-state index in [1.165, 1.54) is 5.56 Å². The molecule has 2 aromatic carbocycles. The maximum atomic E-state index is 13.8. The van der Waals surface area contributed by atoms with Gasteiger partial charge in [-0.2, -0.15) is 0 Å². The van der Waals surface area contributed by atoms with E-state index in [2.05, 4.69) is 10.3 Å². The molecule has 1 aliphatic carbocycles. The van der Waals surface area contributed by atoms with Crippen LogP contribution in [0.15, 0.2) is 42.5 Å². The Labute approximate surface area is 187 Å². The number of amides is 1. The molecule has 0 spiro atoms. The zero-order valence-electron chi connectivity index (χ0n) is 17.7. The van der Waals surface area contributed by atoms with E-state index in [1.54, 1.807) is 7.11 Å². The van der Waals surface area contributed by atoms with Crippen molar-refractivity contribution < 1.29 is 14.3 Å². The van der Waals surface area contributed by atoms with Crippen molar-refractivity contribution in [2.45, 2.75) is 43.6 Å². The Kier molecular flexibility index (Phi) is 5.40. The zero-order valence-corrected chi connectivity index (χ0v) is 18.4. The first-order valence-electron chi connectivity index (χ1n) is 10.9. The fourth-order valence-corrected chi connectivity index (χ4v) is 5.32. The molecule has 2 heterocycles. The molecular formula is C25H27ClN2O3. The van der Waals surface area contributed by atoms with Gasteiger partial charge in [0.2, 0.25) is 5.91 Å². The van der Waals surface area contributed by atoms with Gasteiger partial charge in [-0.1, -0.05) is 23.7 Å². The van der Waals surface area contributed by atoms with Crippen molar-refractivity contribution in [1.29, 1.82) is 0 Å². The smallest absolute Gasteiger partial charge is 0.231 e. The monoisotopic (exact) mass is 438 g/mol. The molecule has 162 valence electrons. The van der Waals surface area contributed by atoms with Crippen LogP contribution in [0.3, 0.4) is 0 Å². The summed E-state index contributed by atoms with van der Waals surface area (Å²) in [7, 11) is 1.65. The predicted octanol–water partition coefficient (Wildman–Crippen LogP) is 5.07. The molecule has 1 saturated heterocycles. The van der Waals surface area contributed by atoms with Gasteiger partial charge in [0.1, 0.15) is 5.75 Å². The van der Waals surface area contributed by atoms with Crippen LogP contribution >= 0.6 is 11.6 Å². The van der Waals surface area contributed by atoms with Gasteiger partial charge in [0.25, 0.3) is 0 Å². The summed E-state index contributed by atoms with van der Waals surface area (Å²) in [5.74, 6) is 0.871. The van der Waals surface area contributed by atoms with Crippen LogP contribution in [0.5, 0.6) is 5.75 Å². The molecule has 1 aromatic heterocycles. The molecule has 0 radical (unpaired) electrons. The Morgan fingerprint density at radius 1 is 1.19 bits per heavy atom. The summed E-state index contributed by atoms with van der Waals surface area (Å²) in [6.45, 7) is 1.17. The molecule has 1 atom stereocenters. The Hall–Kier alpha value is -2.50. The van der Waals surface area contributed by atoms with Crippen molar-refractivity contribution in [3.8, 4) is 5.75 Å². The van der Waals surface area contributed by atoms with Crippen molar-refractivity contribution in [2.24, 2.45) is 0 Å². The van der Waals surface area contributed by atoms with Gasteiger partial charge in [-0.25, -0.2) is 0 Å². The van der Waals surface area contributed by atoms with Crippen molar-refractivity contribution in [3.63, 3.8) is 0 Å². The van der Waals surface area contributed by atoms with Crippen LogP contribution in [0.1, 0.15) is 48.5 Å².